The molecule has 1 rings (SSSR count). The number of carbonyl (C=O) groups excluding carboxylic acids is 2. The Morgan fingerprint density at radius 2 is 1.64 bits per heavy atom. The first-order chi connectivity index (χ1) is 12.0. The number of ether oxygens (including phenoxy) is 2. The van der Waals surface area contributed by atoms with Crippen molar-refractivity contribution < 1.29 is 29.4 Å². The normalized spacial score (nSPS) is 10.5. The molecule has 0 saturated carbocycles. The molecule has 25 heavy (non-hydrogen) atoms. The molecule has 0 fully saturated rings. The first-order valence-corrected chi connectivity index (χ1v) is 7.71. The molecular weight excluding hydrogens is 330 g/mol. The molecule has 138 valence electrons. The lowest BCUT2D eigenvalue weighted by Gasteiger charge is -2.10. The summed E-state index contributed by atoms with van der Waals surface area (Å²) in [6.45, 7) is 0. The number of carbonyl (C=O) groups is 2. The highest BCUT2D eigenvalue weighted by molar-refractivity contribution is 5.89. The minimum atomic E-state index is -0.439. The van der Waals surface area contributed by atoms with E-state index in [1.807, 2.05) is 0 Å². The summed E-state index contributed by atoms with van der Waals surface area (Å²) in [5.41, 5.74) is 4.44. The number of methoxy groups -OCH3 is 2. The maximum atomic E-state index is 11.7. The summed E-state index contributed by atoms with van der Waals surface area (Å²) in [6.07, 6.45) is 3.74. The molecule has 0 heterocycles. The third-order valence-electron chi connectivity index (χ3n) is 3.34. The van der Waals surface area contributed by atoms with E-state index >= 15 is 0 Å². The van der Waals surface area contributed by atoms with E-state index in [4.69, 9.17) is 14.7 Å². The fraction of sp³-hybridized carbons (Fsp3) is 0.438. The van der Waals surface area contributed by atoms with E-state index in [1.54, 1.807) is 5.48 Å². The zero-order valence-corrected chi connectivity index (χ0v) is 14.2. The second kappa shape index (κ2) is 10.9. The average Bonchev–Trinajstić information content (AvgIpc) is 2.61. The van der Waals surface area contributed by atoms with Gasteiger partial charge in [-0.3, -0.25) is 14.8 Å². The van der Waals surface area contributed by atoms with Gasteiger partial charge < -0.3 is 14.6 Å². The predicted molar refractivity (Wildman–Crippen MR) is 90.0 cm³/mol. The van der Waals surface area contributed by atoms with Gasteiger partial charge >= 0.3 is 0 Å². The quantitative estimate of drug-likeness (QED) is 0.217. The van der Waals surface area contributed by atoms with E-state index in [9.17, 15) is 14.7 Å². The fourth-order valence-corrected chi connectivity index (χ4v) is 2.08. The molecule has 0 saturated heterocycles. The minimum Gasteiger partial charge on any atom is -0.508 e. The molecular formula is C16H23N3O6. The van der Waals surface area contributed by atoms with Crippen LogP contribution in [0.15, 0.2) is 17.2 Å². The van der Waals surface area contributed by atoms with Gasteiger partial charge in [0.2, 0.25) is 11.8 Å². The van der Waals surface area contributed by atoms with Crippen molar-refractivity contribution in [3.63, 3.8) is 0 Å². The molecule has 0 spiro atoms. The first-order valence-electron chi connectivity index (χ1n) is 7.71. The van der Waals surface area contributed by atoms with Crippen LogP contribution < -0.4 is 20.4 Å². The molecule has 4 N–H and O–H groups in total. The van der Waals surface area contributed by atoms with Gasteiger partial charge in [0.25, 0.3) is 0 Å². The molecule has 2 amide bonds. The summed E-state index contributed by atoms with van der Waals surface area (Å²) < 4.78 is 10.3. The second-order valence-corrected chi connectivity index (χ2v) is 5.15. The third-order valence-corrected chi connectivity index (χ3v) is 3.34. The molecule has 1 aromatic rings. The van der Waals surface area contributed by atoms with Crippen molar-refractivity contribution in [2.75, 3.05) is 14.2 Å². The molecule has 0 aliphatic carbocycles. The van der Waals surface area contributed by atoms with Crippen LogP contribution in [0.2, 0.25) is 0 Å². The van der Waals surface area contributed by atoms with Crippen LogP contribution in [0.5, 0.6) is 17.2 Å². The number of hydrazone groups is 1. The van der Waals surface area contributed by atoms with Crippen molar-refractivity contribution >= 4 is 18.0 Å². The Morgan fingerprint density at radius 3 is 2.16 bits per heavy atom. The smallest absolute Gasteiger partial charge is 0.243 e. The van der Waals surface area contributed by atoms with Crippen molar-refractivity contribution in [3.05, 3.63) is 17.7 Å². The Morgan fingerprint density at radius 1 is 1.08 bits per heavy atom. The topological polar surface area (TPSA) is 129 Å². The maximum absolute atomic E-state index is 11.7. The molecule has 1 aromatic carbocycles. The number of nitrogens with zero attached hydrogens (tertiary/aromatic N) is 1. The number of unbranched alkanes of at least 4 members (excludes halogenated alkanes) is 2. The lowest BCUT2D eigenvalue weighted by atomic mass is 10.1. The Hall–Kier alpha value is -2.81. The number of nitrogens with one attached hydrogen (secondary N) is 2. The van der Waals surface area contributed by atoms with Gasteiger partial charge in [-0.1, -0.05) is 6.42 Å². The second-order valence-electron chi connectivity index (χ2n) is 5.15. The standard InChI is InChI=1S/C16H23N3O6/c1-24-13-8-11(20)9-14(25-2)12(13)10-17-18-15(21)6-4-3-5-7-16(22)19-23/h8-10,20,23H,3-7H2,1-2H3,(H,18,21)(H,19,22). The van der Waals surface area contributed by atoms with Crippen LogP contribution in [-0.2, 0) is 9.59 Å². The number of hydrogen-bond acceptors (Lipinski definition) is 7. The van der Waals surface area contributed by atoms with E-state index < -0.39 is 5.91 Å². The van der Waals surface area contributed by atoms with Crippen molar-refractivity contribution in [2.45, 2.75) is 32.1 Å². The van der Waals surface area contributed by atoms with Crippen LogP contribution in [-0.4, -0.2) is 42.6 Å². The van der Waals surface area contributed by atoms with E-state index in [1.165, 1.54) is 32.6 Å². The summed E-state index contributed by atoms with van der Waals surface area (Å²) in [5.74, 6) is 0.00389. The van der Waals surface area contributed by atoms with Gasteiger partial charge in [-0.25, -0.2) is 10.9 Å². The van der Waals surface area contributed by atoms with Crippen molar-refractivity contribution in [3.8, 4) is 17.2 Å². The van der Waals surface area contributed by atoms with Crippen LogP contribution in [0, 0.1) is 0 Å². The first kappa shape index (κ1) is 20.2. The summed E-state index contributed by atoms with van der Waals surface area (Å²) in [5, 5.41) is 21.8. The number of amides is 2. The number of hydroxylamine groups is 1. The fourth-order valence-electron chi connectivity index (χ4n) is 2.08. The lowest BCUT2D eigenvalue weighted by Crippen LogP contribution is -2.18. The largest absolute Gasteiger partial charge is 0.508 e. The van der Waals surface area contributed by atoms with Crippen molar-refractivity contribution in [1.29, 1.82) is 0 Å². The summed E-state index contributed by atoms with van der Waals surface area (Å²) in [7, 11) is 2.89. The molecule has 0 radical (unpaired) electrons. The summed E-state index contributed by atoms with van der Waals surface area (Å²) in [4.78, 5) is 22.5. The molecule has 0 bridgehead atoms. The minimum absolute atomic E-state index is 0.00948. The third kappa shape index (κ3) is 7.08. The van der Waals surface area contributed by atoms with Crippen LogP contribution in [0.1, 0.15) is 37.7 Å². The number of benzene rings is 1. The zero-order valence-electron chi connectivity index (χ0n) is 14.2. The maximum Gasteiger partial charge on any atom is 0.243 e. The molecule has 0 unspecified atom stereocenters. The lowest BCUT2D eigenvalue weighted by molar-refractivity contribution is -0.129. The number of rotatable bonds is 10. The molecule has 0 atom stereocenters. The summed E-state index contributed by atoms with van der Waals surface area (Å²) in [6, 6.07) is 2.82. The van der Waals surface area contributed by atoms with Crippen LogP contribution >= 0.6 is 0 Å². The van der Waals surface area contributed by atoms with Gasteiger partial charge in [0.1, 0.15) is 17.2 Å². The average molecular weight is 353 g/mol. The van der Waals surface area contributed by atoms with Gasteiger partial charge in [-0.2, -0.15) is 5.10 Å². The number of aromatic hydroxyl groups is 1. The highest BCUT2D eigenvalue weighted by Crippen LogP contribution is 2.31. The number of phenols is 1. The Balaban J connectivity index is 2.47. The van der Waals surface area contributed by atoms with E-state index in [2.05, 4.69) is 10.5 Å². The molecule has 9 nitrogen and oxygen atoms in total. The van der Waals surface area contributed by atoms with E-state index in [0.717, 1.165) is 0 Å². The van der Waals surface area contributed by atoms with Gasteiger partial charge in [-0.05, 0) is 12.8 Å². The Bertz CT molecular complexity index is 593. The Kier molecular flexibility index (Phi) is 8.80. The number of hydrogen-bond donors (Lipinski definition) is 4. The van der Waals surface area contributed by atoms with Gasteiger partial charge in [0.05, 0.1) is 26.0 Å². The van der Waals surface area contributed by atoms with Gasteiger partial charge in [-0.15, -0.1) is 0 Å². The summed E-state index contributed by atoms with van der Waals surface area (Å²) >= 11 is 0. The van der Waals surface area contributed by atoms with Crippen molar-refractivity contribution in [1.82, 2.24) is 10.9 Å². The number of phenolic OH excluding ortho intramolecular Hbond substituents is 1. The zero-order chi connectivity index (χ0) is 18.7. The SMILES string of the molecule is COc1cc(O)cc(OC)c1C=NNC(=O)CCCCCC(=O)NO. The molecule has 0 aliphatic heterocycles. The van der Waals surface area contributed by atoms with Crippen molar-refractivity contribution in [2.24, 2.45) is 5.10 Å². The Labute approximate surface area is 145 Å². The van der Waals surface area contributed by atoms with Crippen LogP contribution in [0.4, 0.5) is 0 Å². The molecule has 0 aliphatic rings. The van der Waals surface area contributed by atoms with Gasteiger partial charge in [0.15, 0.2) is 0 Å². The molecule has 9 heteroatoms. The highest BCUT2D eigenvalue weighted by Gasteiger charge is 2.10. The highest BCUT2D eigenvalue weighted by atomic mass is 16.5. The van der Waals surface area contributed by atoms with Crippen LogP contribution in [0.25, 0.3) is 0 Å². The van der Waals surface area contributed by atoms with Crippen LogP contribution in [0.3, 0.4) is 0 Å². The molecule has 0 aromatic heterocycles. The van der Waals surface area contributed by atoms with E-state index in [0.29, 0.717) is 36.3 Å². The van der Waals surface area contributed by atoms with E-state index in [-0.39, 0.29) is 24.5 Å². The predicted octanol–water partition coefficient (Wildman–Crippen LogP) is 1.32. The monoisotopic (exact) mass is 353 g/mol. The van der Waals surface area contributed by atoms with Gasteiger partial charge in [0, 0.05) is 25.0 Å².